The number of nitrogens with one attached hydrogen (secondary N) is 1. The maximum atomic E-state index is 13.6. The Kier molecular flexibility index (Phi) is 6.47. The summed E-state index contributed by atoms with van der Waals surface area (Å²) in [5.74, 6) is -1.48. The molecule has 0 fully saturated rings. The van der Waals surface area contributed by atoms with Crippen molar-refractivity contribution in [1.29, 1.82) is 0 Å². The molecule has 1 heterocycles. The van der Waals surface area contributed by atoms with E-state index in [-0.39, 0.29) is 16.7 Å². The molecular weight excluding hydrogens is 454 g/mol. The number of aromatic nitrogens is 1. The summed E-state index contributed by atoms with van der Waals surface area (Å²) in [5.41, 5.74) is 3.37. The van der Waals surface area contributed by atoms with Crippen LogP contribution >= 0.6 is 0 Å². The van der Waals surface area contributed by atoms with Crippen molar-refractivity contribution in [3.63, 3.8) is 0 Å². The highest BCUT2D eigenvalue weighted by atomic mass is 32.2. The standard InChI is InChI=1S/C25H25N3O5S/c1-14(2)12-20(28(15(3)29)16-8-10-26-11-9-16)25(31)27-23-22-18-7-5-4-6-17(18)19(22)13-21(24(23)30)34(32)33/h4-11,13-14,20,23,34H,12H2,1-3H3,(H,27,31)/t20-,23?/m0/s1. The van der Waals surface area contributed by atoms with Crippen LogP contribution in [-0.4, -0.2) is 43.1 Å². The van der Waals surface area contributed by atoms with E-state index in [2.05, 4.69) is 10.3 Å². The first-order valence-electron chi connectivity index (χ1n) is 10.9. The molecule has 0 saturated heterocycles. The van der Waals surface area contributed by atoms with Crippen molar-refractivity contribution in [1.82, 2.24) is 10.3 Å². The monoisotopic (exact) mass is 479 g/mol. The van der Waals surface area contributed by atoms with E-state index in [0.29, 0.717) is 23.3 Å². The Labute approximate surface area is 199 Å². The number of amides is 2. The topological polar surface area (TPSA) is 114 Å². The first-order chi connectivity index (χ1) is 16.2. The van der Waals surface area contributed by atoms with Crippen molar-refractivity contribution < 1.29 is 22.8 Å². The van der Waals surface area contributed by atoms with Crippen LogP contribution in [0.15, 0.2) is 59.8 Å². The fraction of sp³-hybridized carbons (Fsp3) is 0.280. The summed E-state index contributed by atoms with van der Waals surface area (Å²) < 4.78 is 23.6. The number of thiol groups is 1. The van der Waals surface area contributed by atoms with Crippen LogP contribution < -0.4 is 10.2 Å². The van der Waals surface area contributed by atoms with Crippen LogP contribution in [0.5, 0.6) is 0 Å². The van der Waals surface area contributed by atoms with Gasteiger partial charge in [0.15, 0.2) is 10.7 Å². The molecule has 2 aliphatic carbocycles. The minimum Gasteiger partial charge on any atom is -0.340 e. The largest absolute Gasteiger partial charge is 0.340 e. The maximum Gasteiger partial charge on any atom is 0.244 e. The fourth-order valence-corrected chi connectivity index (χ4v) is 5.06. The molecule has 0 aliphatic heterocycles. The lowest BCUT2D eigenvalue weighted by Crippen LogP contribution is -2.55. The molecule has 1 unspecified atom stereocenters. The lowest BCUT2D eigenvalue weighted by atomic mass is 9.73. The van der Waals surface area contributed by atoms with Crippen LogP contribution in [0.4, 0.5) is 5.69 Å². The summed E-state index contributed by atoms with van der Waals surface area (Å²) in [6, 6.07) is 8.56. The number of hydrogen-bond acceptors (Lipinski definition) is 6. The number of carbonyl (C=O) groups excluding carboxylic acids is 3. The molecule has 0 bridgehead atoms. The molecule has 1 N–H and O–H groups in total. The number of rotatable bonds is 7. The van der Waals surface area contributed by atoms with E-state index in [9.17, 15) is 22.8 Å². The smallest absolute Gasteiger partial charge is 0.244 e. The van der Waals surface area contributed by atoms with Crippen LogP contribution in [0.25, 0.3) is 11.1 Å². The molecule has 1 aromatic carbocycles. The normalized spacial score (nSPS) is 17.5. The fourth-order valence-electron chi connectivity index (χ4n) is 4.51. The Bertz CT molecular complexity index is 1300. The zero-order valence-corrected chi connectivity index (χ0v) is 19.9. The minimum absolute atomic E-state index is 0.0623. The van der Waals surface area contributed by atoms with Crippen molar-refractivity contribution >= 4 is 45.1 Å². The van der Waals surface area contributed by atoms with E-state index in [1.54, 1.807) is 12.1 Å². The highest BCUT2D eigenvalue weighted by Gasteiger charge is 2.42. The Morgan fingerprint density at radius 2 is 1.74 bits per heavy atom. The van der Waals surface area contributed by atoms with Crippen molar-refractivity contribution in [2.75, 3.05) is 4.90 Å². The summed E-state index contributed by atoms with van der Waals surface area (Å²) in [4.78, 5) is 44.4. The lowest BCUT2D eigenvalue weighted by Gasteiger charge is -2.37. The van der Waals surface area contributed by atoms with E-state index in [4.69, 9.17) is 0 Å². The van der Waals surface area contributed by atoms with Gasteiger partial charge in [-0.3, -0.25) is 19.4 Å². The number of carbonyl (C=O) groups is 3. The third-order valence-corrected chi connectivity index (χ3v) is 6.70. The maximum absolute atomic E-state index is 13.6. The molecule has 2 atom stereocenters. The third-order valence-electron chi connectivity index (χ3n) is 5.95. The molecule has 0 spiro atoms. The second-order valence-corrected chi connectivity index (χ2v) is 9.70. The Hall–Kier alpha value is -3.59. The molecule has 4 rings (SSSR count). The number of fused-ring (bicyclic) bond motifs is 3. The molecule has 176 valence electrons. The van der Waals surface area contributed by atoms with Crippen molar-refractivity contribution in [2.24, 2.45) is 5.92 Å². The summed E-state index contributed by atoms with van der Waals surface area (Å²) in [7, 11) is -3.14. The molecule has 0 radical (unpaired) electrons. The number of ketones is 1. The second-order valence-electron chi connectivity index (χ2n) is 8.71. The zero-order valence-electron chi connectivity index (χ0n) is 19.0. The molecule has 34 heavy (non-hydrogen) atoms. The molecule has 0 saturated carbocycles. The van der Waals surface area contributed by atoms with E-state index >= 15 is 0 Å². The predicted octanol–water partition coefficient (Wildman–Crippen LogP) is 2.34. The number of hydrogen-bond donors (Lipinski definition) is 2. The summed E-state index contributed by atoms with van der Waals surface area (Å²) in [6.07, 6.45) is 4.78. The Morgan fingerprint density at radius 1 is 1.09 bits per heavy atom. The van der Waals surface area contributed by atoms with Gasteiger partial charge in [-0.15, -0.1) is 0 Å². The van der Waals surface area contributed by atoms with Crippen LogP contribution in [0.1, 0.15) is 38.3 Å². The highest BCUT2D eigenvalue weighted by Crippen LogP contribution is 2.46. The van der Waals surface area contributed by atoms with Gasteiger partial charge in [0.1, 0.15) is 17.0 Å². The SMILES string of the molecule is CC(=O)N(c1ccncc1)[C@@H](CC(C)C)C(=O)NC1C(=O)C([SH](=O)=O)=CC2=C1c1ccccc12. The third kappa shape index (κ3) is 4.19. The number of benzene rings is 1. The number of pyridine rings is 1. The first kappa shape index (κ1) is 23.6. The van der Waals surface area contributed by atoms with Gasteiger partial charge in [0.25, 0.3) is 0 Å². The second kappa shape index (κ2) is 9.34. The predicted molar refractivity (Wildman–Crippen MR) is 129 cm³/mol. The van der Waals surface area contributed by atoms with Gasteiger partial charge in [-0.2, -0.15) is 0 Å². The zero-order chi connectivity index (χ0) is 24.6. The molecule has 1 aromatic heterocycles. The van der Waals surface area contributed by atoms with Gasteiger partial charge in [0.05, 0.1) is 0 Å². The Balaban J connectivity index is 1.72. The lowest BCUT2D eigenvalue weighted by molar-refractivity contribution is -0.128. The van der Waals surface area contributed by atoms with E-state index < -0.39 is 34.5 Å². The molecule has 2 amide bonds. The van der Waals surface area contributed by atoms with Gasteiger partial charge in [-0.25, -0.2) is 8.42 Å². The molecule has 8 nitrogen and oxygen atoms in total. The Morgan fingerprint density at radius 3 is 2.32 bits per heavy atom. The van der Waals surface area contributed by atoms with Gasteiger partial charge in [-0.05, 0) is 52.8 Å². The highest BCUT2D eigenvalue weighted by molar-refractivity contribution is 7.78. The average Bonchev–Trinajstić information content (AvgIpc) is 2.78. The number of allylic oxidation sites excluding steroid dienone is 2. The first-order valence-corrected chi connectivity index (χ1v) is 12.1. The van der Waals surface area contributed by atoms with E-state index in [0.717, 1.165) is 11.1 Å². The van der Waals surface area contributed by atoms with Crippen LogP contribution in [0.2, 0.25) is 0 Å². The number of Topliss-reactive ketones (excluding diaryl/α,β-unsaturated/α-hetero) is 1. The van der Waals surface area contributed by atoms with Gasteiger partial charge < -0.3 is 10.2 Å². The van der Waals surface area contributed by atoms with Gasteiger partial charge >= 0.3 is 0 Å². The number of anilines is 1. The minimum atomic E-state index is -3.14. The average molecular weight is 480 g/mol. The molecule has 2 aliphatic rings. The summed E-state index contributed by atoms with van der Waals surface area (Å²) in [5, 5.41) is 2.77. The van der Waals surface area contributed by atoms with Crippen LogP contribution in [-0.2, 0) is 25.1 Å². The van der Waals surface area contributed by atoms with Crippen LogP contribution in [0, 0.1) is 5.92 Å². The van der Waals surface area contributed by atoms with E-state index in [1.807, 2.05) is 38.1 Å². The summed E-state index contributed by atoms with van der Waals surface area (Å²) >= 11 is 0. The number of nitrogens with zero attached hydrogens (tertiary/aromatic N) is 2. The van der Waals surface area contributed by atoms with Crippen molar-refractivity contribution in [3.05, 3.63) is 70.9 Å². The van der Waals surface area contributed by atoms with E-state index in [1.165, 1.54) is 30.3 Å². The molecule has 9 heteroatoms. The molecular formula is C25H25N3O5S. The van der Waals surface area contributed by atoms with Crippen molar-refractivity contribution in [2.45, 2.75) is 39.3 Å². The molecule has 2 aromatic rings. The van der Waals surface area contributed by atoms with Gasteiger partial charge in [0.2, 0.25) is 17.6 Å². The van der Waals surface area contributed by atoms with Gasteiger partial charge in [0, 0.05) is 25.0 Å². The quantitative estimate of drug-likeness (QED) is 0.590. The van der Waals surface area contributed by atoms with Crippen molar-refractivity contribution in [3.8, 4) is 0 Å². The van der Waals surface area contributed by atoms with Gasteiger partial charge in [-0.1, -0.05) is 38.1 Å². The van der Waals surface area contributed by atoms with Crippen LogP contribution in [0.3, 0.4) is 0 Å². The summed E-state index contributed by atoms with van der Waals surface area (Å²) in [6.45, 7) is 5.24.